The summed E-state index contributed by atoms with van der Waals surface area (Å²) in [6.45, 7) is 0.775. The van der Waals surface area contributed by atoms with E-state index in [-0.39, 0.29) is 11.8 Å². The van der Waals surface area contributed by atoms with Crippen LogP contribution in [0.2, 0.25) is 0 Å². The van der Waals surface area contributed by atoms with Crippen molar-refractivity contribution in [2.75, 3.05) is 13.1 Å². The van der Waals surface area contributed by atoms with Crippen molar-refractivity contribution >= 4 is 12.6 Å². The van der Waals surface area contributed by atoms with E-state index in [0.717, 1.165) is 0 Å². The second kappa shape index (κ2) is 5.05. The molecule has 0 rings (SSSR count). The van der Waals surface area contributed by atoms with Gasteiger partial charge in [-0.15, -0.1) is 0 Å². The van der Waals surface area contributed by atoms with Gasteiger partial charge in [-0.25, -0.2) is 0 Å². The summed E-state index contributed by atoms with van der Waals surface area (Å²) in [6.07, 6.45) is 0.131. The Morgan fingerprint density at radius 1 is 1.33 bits per heavy atom. The molecule has 0 aromatic rings. The fourth-order valence-electron chi connectivity index (χ4n) is 0.507. The van der Waals surface area contributed by atoms with E-state index in [1.165, 1.54) is 0 Å². The van der Waals surface area contributed by atoms with Crippen molar-refractivity contribution in [3.8, 4) is 0 Å². The molecule has 0 aromatic carbocycles. The first kappa shape index (κ1) is 9.23. The fraction of sp³-hybridized carbons (Fsp3) is 1.00. The Bertz CT molecular complexity index is 64.0. The summed E-state index contributed by atoms with van der Waals surface area (Å²) in [6, 6.07) is 0. The number of rotatable bonds is 4. The molecule has 5 N–H and O–H groups in total. The lowest BCUT2D eigenvalue weighted by atomic mass is 10.2. The quantitative estimate of drug-likeness (QED) is 0.387. The lowest BCUT2D eigenvalue weighted by molar-refractivity contribution is 0.173. The number of thiol groups is 1. The topological polar surface area (TPSA) is 72.3 Å². The van der Waals surface area contributed by atoms with Crippen molar-refractivity contribution in [2.45, 2.75) is 17.8 Å². The number of aliphatic hydroxyl groups is 1. The molecule has 0 radical (unpaired) electrons. The van der Waals surface area contributed by atoms with E-state index >= 15 is 0 Å². The second-order valence-electron chi connectivity index (χ2n) is 2.01. The van der Waals surface area contributed by atoms with Gasteiger partial charge in [-0.1, -0.05) is 0 Å². The van der Waals surface area contributed by atoms with Gasteiger partial charge in [-0.3, -0.25) is 0 Å². The maximum atomic E-state index is 8.93. The monoisotopic (exact) mass is 150 g/mol. The zero-order valence-electron chi connectivity index (χ0n) is 5.33. The highest BCUT2D eigenvalue weighted by atomic mass is 32.1. The van der Waals surface area contributed by atoms with Crippen molar-refractivity contribution in [3.05, 3.63) is 0 Å². The van der Waals surface area contributed by atoms with Crippen LogP contribution in [0.3, 0.4) is 0 Å². The molecule has 0 saturated heterocycles. The number of aliphatic hydroxyl groups excluding tert-OH is 1. The zero-order chi connectivity index (χ0) is 7.28. The van der Waals surface area contributed by atoms with Crippen LogP contribution in [0.1, 0.15) is 6.42 Å². The van der Waals surface area contributed by atoms with E-state index in [1.807, 2.05) is 0 Å². The molecule has 56 valence electrons. The molecule has 0 aromatic heterocycles. The van der Waals surface area contributed by atoms with Gasteiger partial charge in [-0.05, 0) is 6.42 Å². The van der Waals surface area contributed by atoms with Crippen LogP contribution >= 0.6 is 12.6 Å². The van der Waals surface area contributed by atoms with Crippen LogP contribution < -0.4 is 11.5 Å². The number of nitrogens with two attached hydrogens (primary N) is 2. The van der Waals surface area contributed by atoms with E-state index in [9.17, 15) is 0 Å². The largest absolute Gasteiger partial charge is 0.392 e. The van der Waals surface area contributed by atoms with E-state index < -0.39 is 6.10 Å². The molecule has 0 heterocycles. The molecule has 0 fully saturated rings. The van der Waals surface area contributed by atoms with E-state index in [1.54, 1.807) is 0 Å². The molecular formula is C5H14N2OS. The average Bonchev–Trinajstić information content (AvgIpc) is 1.87. The van der Waals surface area contributed by atoms with Gasteiger partial charge in [0.05, 0.1) is 6.10 Å². The average molecular weight is 150 g/mol. The van der Waals surface area contributed by atoms with Crippen LogP contribution in [0, 0.1) is 0 Å². The smallest absolute Gasteiger partial charge is 0.0673 e. The molecule has 0 bridgehead atoms. The van der Waals surface area contributed by atoms with Crippen LogP contribution in [0.15, 0.2) is 0 Å². The van der Waals surface area contributed by atoms with Gasteiger partial charge >= 0.3 is 0 Å². The molecule has 0 aliphatic rings. The Kier molecular flexibility index (Phi) is 5.18. The van der Waals surface area contributed by atoms with Crippen molar-refractivity contribution in [1.29, 1.82) is 0 Å². The first-order chi connectivity index (χ1) is 4.20. The molecular weight excluding hydrogens is 136 g/mol. The molecule has 0 aliphatic carbocycles. The maximum absolute atomic E-state index is 8.93. The Morgan fingerprint density at radius 2 is 1.89 bits per heavy atom. The van der Waals surface area contributed by atoms with E-state index in [0.29, 0.717) is 13.0 Å². The number of hydrogen-bond acceptors (Lipinski definition) is 4. The Hall–Kier alpha value is 0.230. The third-order valence-corrected chi connectivity index (χ3v) is 1.51. The van der Waals surface area contributed by atoms with Gasteiger partial charge in [0.25, 0.3) is 0 Å². The van der Waals surface area contributed by atoms with Crippen LogP contribution in [-0.4, -0.2) is 29.5 Å². The van der Waals surface area contributed by atoms with Gasteiger partial charge in [0, 0.05) is 18.3 Å². The van der Waals surface area contributed by atoms with Gasteiger partial charge < -0.3 is 16.6 Å². The lowest BCUT2D eigenvalue weighted by Gasteiger charge is -2.11. The highest BCUT2D eigenvalue weighted by molar-refractivity contribution is 7.81. The van der Waals surface area contributed by atoms with Gasteiger partial charge in [0.15, 0.2) is 0 Å². The van der Waals surface area contributed by atoms with Crippen molar-refractivity contribution in [2.24, 2.45) is 11.5 Å². The fourth-order valence-corrected chi connectivity index (χ4v) is 0.750. The predicted molar refractivity (Wildman–Crippen MR) is 41.5 cm³/mol. The summed E-state index contributed by atoms with van der Waals surface area (Å²) < 4.78 is 0. The summed E-state index contributed by atoms with van der Waals surface area (Å²) in [5, 5.41) is 9.00. The van der Waals surface area contributed by atoms with Crippen LogP contribution in [-0.2, 0) is 0 Å². The molecule has 2 atom stereocenters. The second-order valence-corrected chi connectivity index (χ2v) is 2.75. The van der Waals surface area contributed by atoms with Crippen LogP contribution in [0.4, 0.5) is 0 Å². The zero-order valence-corrected chi connectivity index (χ0v) is 6.22. The van der Waals surface area contributed by atoms with Gasteiger partial charge in [0.1, 0.15) is 0 Å². The first-order valence-corrected chi connectivity index (χ1v) is 3.48. The minimum atomic E-state index is -0.448. The minimum Gasteiger partial charge on any atom is -0.392 e. The minimum absolute atomic E-state index is 0.0727. The summed E-state index contributed by atoms with van der Waals surface area (Å²) in [5.74, 6) is 0. The van der Waals surface area contributed by atoms with E-state index in [2.05, 4.69) is 12.6 Å². The van der Waals surface area contributed by atoms with E-state index in [4.69, 9.17) is 16.6 Å². The molecule has 0 aliphatic heterocycles. The van der Waals surface area contributed by atoms with Gasteiger partial charge in [-0.2, -0.15) is 12.6 Å². The molecule has 0 saturated carbocycles. The third-order valence-electron chi connectivity index (χ3n) is 1.09. The molecule has 4 heteroatoms. The molecule has 2 unspecified atom stereocenters. The Balaban J connectivity index is 3.22. The molecule has 9 heavy (non-hydrogen) atoms. The van der Waals surface area contributed by atoms with Crippen molar-refractivity contribution < 1.29 is 5.11 Å². The van der Waals surface area contributed by atoms with Crippen LogP contribution in [0.25, 0.3) is 0 Å². The maximum Gasteiger partial charge on any atom is 0.0673 e. The summed E-state index contributed by atoms with van der Waals surface area (Å²) >= 11 is 4.08. The van der Waals surface area contributed by atoms with Crippen molar-refractivity contribution in [3.63, 3.8) is 0 Å². The van der Waals surface area contributed by atoms with Gasteiger partial charge in [0.2, 0.25) is 0 Å². The standard InChI is InChI=1S/C5H14N2OS/c6-2-4(8)1-5(9)3-7/h4-5,8-9H,1-3,6-7H2. The Labute approximate surface area is 60.8 Å². The van der Waals surface area contributed by atoms with Crippen LogP contribution in [0.5, 0.6) is 0 Å². The highest BCUT2D eigenvalue weighted by Crippen LogP contribution is 2.01. The predicted octanol–water partition coefficient (Wildman–Crippen LogP) is -1.05. The summed E-state index contributed by atoms with van der Waals surface area (Å²) in [4.78, 5) is 0. The lowest BCUT2D eigenvalue weighted by Crippen LogP contribution is -2.26. The first-order valence-electron chi connectivity index (χ1n) is 2.97. The highest BCUT2D eigenvalue weighted by Gasteiger charge is 2.06. The molecule has 3 nitrogen and oxygen atoms in total. The Morgan fingerprint density at radius 3 is 2.22 bits per heavy atom. The summed E-state index contributed by atoms with van der Waals surface area (Å²) in [5.41, 5.74) is 10.4. The SMILES string of the molecule is NCC(O)CC(S)CN. The molecule has 0 spiro atoms. The normalized spacial score (nSPS) is 17.3. The van der Waals surface area contributed by atoms with Crippen molar-refractivity contribution in [1.82, 2.24) is 0 Å². The summed E-state index contributed by atoms with van der Waals surface area (Å²) in [7, 11) is 0. The number of hydrogen-bond donors (Lipinski definition) is 4. The molecule has 0 amide bonds. The third kappa shape index (κ3) is 4.72.